The summed E-state index contributed by atoms with van der Waals surface area (Å²) < 4.78 is 5.03. The standard InChI is InChI=1S/C9H10Cl2O3/c1-5-2-6(10)7(11)3-8(5)14-4-9(12)13/h2-3,6-7H,4H2,1H3,(H,12,13). The van der Waals surface area contributed by atoms with Crippen molar-refractivity contribution in [1.82, 2.24) is 0 Å². The third kappa shape index (κ3) is 2.93. The molecule has 2 atom stereocenters. The lowest BCUT2D eigenvalue weighted by atomic mass is 10.1. The fraction of sp³-hybridized carbons (Fsp3) is 0.444. The Balaban J connectivity index is 2.64. The molecule has 0 radical (unpaired) electrons. The molecule has 0 saturated heterocycles. The molecule has 0 aromatic carbocycles. The zero-order valence-corrected chi connectivity index (χ0v) is 9.05. The molecule has 1 rings (SSSR count). The number of allylic oxidation sites excluding steroid dienone is 3. The van der Waals surface area contributed by atoms with Crippen molar-refractivity contribution in [3.8, 4) is 0 Å². The van der Waals surface area contributed by atoms with Crippen LogP contribution in [0, 0.1) is 0 Å². The van der Waals surface area contributed by atoms with Gasteiger partial charge in [0, 0.05) is 0 Å². The summed E-state index contributed by atoms with van der Waals surface area (Å²) in [5.41, 5.74) is 0.808. The lowest BCUT2D eigenvalue weighted by molar-refractivity contribution is -0.140. The Hall–Kier alpha value is -0.670. The van der Waals surface area contributed by atoms with Crippen LogP contribution in [0.5, 0.6) is 0 Å². The Morgan fingerprint density at radius 1 is 1.50 bits per heavy atom. The molecule has 0 heterocycles. The highest BCUT2D eigenvalue weighted by Crippen LogP contribution is 2.26. The number of hydrogen-bond acceptors (Lipinski definition) is 2. The highest BCUT2D eigenvalue weighted by Gasteiger charge is 2.20. The summed E-state index contributed by atoms with van der Waals surface area (Å²) in [7, 11) is 0. The normalized spacial score (nSPS) is 26.5. The van der Waals surface area contributed by atoms with Gasteiger partial charge in [-0.05, 0) is 18.6 Å². The molecule has 14 heavy (non-hydrogen) atoms. The first-order chi connectivity index (χ1) is 6.50. The van der Waals surface area contributed by atoms with Crippen molar-refractivity contribution in [1.29, 1.82) is 0 Å². The van der Waals surface area contributed by atoms with Crippen LogP contribution in [0.1, 0.15) is 6.92 Å². The number of halogens is 2. The van der Waals surface area contributed by atoms with Gasteiger partial charge in [0.15, 0.2) is 6.61 Å². The topological polar surface area (TPSA) is 46.5 Å². The van der Waals surface area contributed by atoms with Crippen LogP contribution in [-0.2, 0) is 9.53 Å². The van der Waals surface area contributed by atoms with Crippen LogP contribution in [0.4, 0.5) is 0 Å². The lowest BCUT2D eigenvalue weighted by Gasteiger charge is -2.19. The number of alkyl halides is 2. The number of ether oxygens (including phenoxy) is 1. The zero-order chi connectivity index (χ0) is 10.7. The quantitative estimate of drug-likeness (QED) is 0.765. The van der Waals surface area contributed by atoms with Gasteiger partial charge in [-0.1, -0.05) is 6.08 Å². The number of carbonyl (C=O) groups is 1. The number of rotatable bonds is 3. The van der Waals surface area contributed by atoms with Crippen LogP contribution in [0.15, 0.2) is 23.5 Å². The van der Waals surface area contributed by atoms with E-state index >= 15 is 0 Å². The Kier molecular flexibility index (Phi) is 3.84. The molecule has 2 unspecified atom stereocenters. The SMILES string of the molecule is CC1=CC(Cl)C(Cl)C=C1OCC(=O)O. The Bertz CT molecular complexity index is 296. The minimum Gasteiger partial charge on any atom is -0.482 e. The number of carboxylic acids is 1. The summed E-state index contributed by atoms with van der Waals surface area (Å²) in [5, 5.41) is 7.79. The highest BCUT2D eigenvalue weighted by atomic mass is 35.5. The van der Waals surface area contributed by atoms with E-state index in [9.17, 15) is 4.79 Å². The number of aliphatic carboxylic acids is 1. The van der Waals surface area contributed by atoms with Gasteiger partial charge in [0.1, 0.15) is 5.76 Å². The molecular formula is C9H10Cl2O3. The minimum atomic E-state index is -1.02. The van der Waals surface area contributed by atoms with Crippen molar-refractivity contribution in [3.05, 3.63) is 23.5 Å². The van der Waals surface area contributed by atoms with Gasteiger partial charge in [0.05, 0.1) is 10.8 Å². The van der Waals surface area contributed by atoms with E-state index < -0.39 is 5.97 Å². The fourth-order valence-corrected chi connectivity index (χ4v) is 1.53. The van der Waals surface area contributed by atoms with Crippen LogP contribution in [0.25, 0.3) is 0 Å². The molecule has 3 nitrogen and oxygen atoms in total. The van der Waals surface area contributed by atoms with Gasteiger partial charge in [-0.25, -0.2) is 4.79 Å². The molecule has 0 spiro atoms. The summed E-state index contributed by atoms with van der Waals surface area (Å²) >= 11 is 11.7. The van der Waals surface area contributed by atoms with Crippen LogP contribution >= 0.6 is 23.2 Å². The second-order valence-electron chi connectivity index (χ2n) is 2.95. The summed E-state index contributed by atoms with van der Waals surface area (Å²) in [6.07, 6.45) is 3.37. The molecule has 0 aromatic heterocycles. The molecule has 78 valence electrons. The van der Waals surface area contributed by atoms with Gasteiger partial charge in [-0.2, -0.15) is 0 Å². The van der Waals surface area contributed by atoms with E-state index in [1.807, 2.05) is 0 Å². The van der Waals surface area contributed by atoms with Gasteiger partial charge in [0.25, 0.3) is 0 Å². The monoisotopic (exact) mass is 236 g/mol. The Labute approximate surface area is 91.9 Å². The van der Waals surface area contributed by atoms with Crippen molar-refractivity contribution in [3.63, 3.8) is 0 Å². The first-order valence-electron chi connectivity index (χ1n) is 4.04. The van der Waals surface area contributed by atoms with E-state index in [0.717, 1.165) is 5.57 Å². The predicted octanol–water partition coefficient (Wildman–Crippen LogP) is 2.15. The molecule has 0 saturated carbocycles. The minimum absolute atomic E-state index is 0.270. The molecule has 1 N–H and O–H groups in total. The maximum atomic E-state index is 10.3. The van der Waals surface area contributed by atoms with E-state index in [-0.39, 0.29) is 17.4 Å². The first-order valence-corrected chi connectivity index (χ1v) is 4.91. The first kappa shape index (κ1) is 11.4. The highest BCUT2D eigenvalue weighted by molar-refractivity contribution is 6.32. The Morgan fingerprint density at radius 2 is 2.07 bits per heavy atom. The summed E-state index contributed by atoms with van der Waals surface area (Å²) in [5.74, 6) is -0.526. The van der Waals surface area contributed by atoms with Crippen molar-refractivity contribution >= 4 is 29.2 Å². The smallest absolute Gasteiger partial charge is 0.341 e. The second kappa shape index (κ2) is 4.71. The van der Waals surface area contributed by atoms with Gasteiger partial charge >= 0.3 is 5.97 Å². The molecule has 1 aliphatic rings. The molecule has 0 amide bonds. The fourth-order valence-electron chi connectivity index (χ4n) is 1.08. The van der Waals surface area contributed by atoms with E-state index in [0.29, 0.717) is 5.76 Å². The third-order valence-electron chi connectivity index (χ3n) is 1.76. The molecule has 1 aliphatic carbocycles. The molecule has 0 fully saturated rings. The van der Waals surface area contributed by atoms with E-state index in [2.05, 4.69) is 0 Å². The maximum Gasteiger partial charge on any atom is 0.341 e. The maximum absolute atomic E-state index is 10.3. The third-order valence-corrected chi connectivity index (χ3v) is 2.69. The van der Waals surface area contributed by atoms with E-state index in [4.69, 9.17) is 33.0 Å². The average molecular weight is 237 g/mol. The van der Waals surface area contributed by atoms with Crippen molar-refractivity contribution < 1.29 is 14.6 Å². The van der Waals surface area contributed by atoms with Gasteiger partial charge in [-0.3, -0.25) is 0 Å². The number of carboxylic acid groups (broad SMARTS) is 1. The Morgan fingerprint density at radius 3 is 2.64 bits per heavy atom. The molecular weight excluding hydrogens is 227 g/mol. The molecule has 0 aliphatic heterocycles. The van der Waals surface area contributed by atoms with Crippen molar-refractivity contribution in [2.24, 2.45) is 0 Å². The van der Waals surface area contributed by atoms with Gasteiger partial charge in [0.2, 0.25) is 0 Å². The zero-order valence-electron chi connectivity index (χ0n) is 7.54. The summed E-state index contributed by atoms with van der Waals surface area (Å²) in [4.78, 5) is 10.3. The molecule has 0 aromatic rings. The van der Waals surface area contributed by atoms with Gasteiger partial charge < -0.3 is 9.84 Å². The van der Waals surface area contributed by atoms with E-state index in [1.54, 1.807) is 19.1 Å². The van der Waals surface area contributed by atoms with Crippen LogP contribution in [0.3, 0.4) is 0 Å². The van der Waals surface area contributed by atoms with Gasteiger partial charge in [-0.15, -0.1) is 23.2 Å². The lowest BCUT2D eigenvalue weighted by Crippen LogP contribution is -2.18. The van der Waals surface area contributed by atoms with Crippen LogP contribution < -0.4 is 0 Å². The van der Waals surface area contributed by atoms with Crippen molar-refractivity contribution in [2.45, 2.75) is 17.7 Å². The summed E-state index contributed by atoms with van der Waals surface area (Å²) in [6, 6.07) is 0. The van der Waals surface area contributed by atoms with Crippen molar-refractivity contribution in [2.75, 3.05) is 6.61 Å². The van der Waals surface area contributed by atoms with E-state index in [1.165, 1.54) is 0 Å². The average Bonchev–Trinajstić information content (AvgIpc) is 2.09. The van der Waals surface area contributed by atoms with Crippen LogP contribution in [-0.4, -0.2) is 28.4 Å². The summed E-state index contributed by atoms with van der Waals surface area (Å²) in [6.45, 7) is 1.43. The molecule has 5 heteroatoms. The van der Waals surface area contributed by atoms with Crippen LogP contribution in [0.2, 0.25) is 0 Å². The second-order valence-corrected chi connectivity index (χ2v) is 3.96. The molecule has 0 bridgehead atoms. The number of hydrogen-bond donors (Lipinski definition) is 1. The predicted molar refractivity (Wildman–Crippen MR) is 54.7 cm³/mol. The largest absolute Gasteiger partial charge is 0.482 e.